The van der Waals surface area contributed by atoms with E-state index in [1.54, 1.807) is 6.20 Å². The van der Waals surface area contributed by atoms with Gasteiger partial charge in [-0.25, -0.2) is 9.97 Å². The number of nitrogens with one attached hydrogen (secondary N) is 2. The number of hydrogen-bond acceptors (Lipinski definition) is 5. The fourth-order valence-electron chi connectivity index (χ4n) is 4.07. The van der Waals surface area contributed by atoms with Crippen molar-refractivity contribution in [3.8, 4) is 11.8 Å². The van der Waals surface area contributed by atoms with Gasteiger partial charge in [-0.05, 0) is 73.9 Å². The summed E-state index contributed by atoms with van der Waals surface area (Å²) in [5.41, 5.74) is 3.78. The highest BCUT2D eigenvalue weighted by atomic mass is 32.2. The zero-order chi connectivity index (χ0) is 24.6. The predicted octanol–water partition coefficient (Wildman–Crippen LogP) is 6.50. The minimum Gasteiger partial charge on any atom is -0.340 e. The van der Waals surface area contributed by atoms with Crippen LogP contribution in [-0.4, -0.2) is 21.1 Å². The molecule has 0 saturated carbocycles. The molecule has 1 amide bonds. The first-order valence-electron chi connectivity index (χ1n) is 11.6. The molecule has 0 atom stereocenters. The summed E-state index contributed by atoms with van der Waals surface area (Å²) >= 11 is 1.84. The number of fused-ring (bicyclic) bond motifs is 2. The van der Waals surface area contributed by atoms with E-state index >= 15 is 0 Å². The third-order valence-electron chi connectivity index (χ3n) is 5.98. The Morgan fingerprint density at radius 1 is 1.00 bits per heavy atom. The first-order chi connectivity index (χ1) is 16.8. The predicted molar refractivity (Wildman–Crippen MR) is 144 cm³/mol. The number of pyridine rings is 2. The van der Waals surface area contributed by atoms with Crippen molar-refractivity contribution in [3.05, 3.63) is 83.8 Å². The van der Waals surface area contributed by atoms with Crippen LogP contribution in [0.25, 0.3) is 10.8 Å². The SMILES string of the molecule is CC(C)Sc1ccc(Nc2cc3c(C#Cc4ccc5c(c4)NC(=O)C5(C)C)nccc3cn2)cc1. The van der Waals surface area contributed by atoms with Crippen LogP contribution < -0.4 is 10.6 Å². The van der Waals surface area contributed by atoms with Crippen molar-refractivity contribution < 1.29 is 4.79 Å². The fourth-order valence-corrected chi connectivity index (χ4v) is 4.91. The van der Waals surface area contributed by atoms with E-state index in [4.69, 9.17) is 0 Å². The Bertz CT molecular complexity index is 1500. The molecule has 0 radical (unpaired) electrons. The first kappa shape index (κ1) is 22.9. The summed E-state index contributed by atoms with van der Waals surface area (Å²) in [6.45, 7) is 8.23. The number of carbonyl (C=O) groups is 1. The molecule has 4 aromatic rings. The molecular weight excluding hydrogens is 452 g/mol. The van der Waals surface area contributed by atoms with Crippen molar-refractivity contribution in [2.24, 2.45) is 0 Å². The molecule has 35 heavy (non-hydrogen) atoms. The number of aromatic nitrogens is 2. The van der Waals surface area contributed by atoms with Gasteiger partial charge in [0.25, 0.3) is 0 Å². The van der Waals surface area contributed by atoms with E-state index in [9.17, 15) is 4.79 Å². The van der Waals surface area contributed by atoms with Gasteiger partial charge in [0.15, 0.2) is 0 Å². The van der Waals surface area contributed by atoms with Crippen molar-refractivity contribution in [1.29, 1.82) is 0 Å². The molecular formula is C29H26N4OS. The smallest absolute Gasteiger partial charge is 0.234 e. The van der Waals surface area contributed by atoms with E-state index in [1.165, 1.54) is 4.90 Å². The maximum Gasteiger partial charge on any atom is 0.234 e. The molecule has 0 saturated heterocycles. The van der Waals surface area contributed by atoms with Gasteiger partial charge in [0.1, 0.15) is 11.5 Å². The van der Waals surface area contributed by atoms with Crippen molar-refractivity contribution in [3.63, 3.8) is 0 Å². The quantitative estimate of drug-likeness (QED) is 0.259. The monoisotopic (exact) mass is 478 g/mol. The number of anilines is 3. The lowest BCUT2D eigenvalue weighted by Gasteiger charge is -2.14. The van der Waals surface area contributed by atoms with Gasteiger partial charge < -0.3 is 10.6 Å². The Labute approximate surface area is 209 Å². The third kappa shape index (κ3) is 4.73. The normalized spacial score (nSPS) is 13.8. The summed E-state index contributed by atoms with van der Waals surface area (Å²) in [5.74, 6) is 7.17. The summed E-state index contributed by atoms with van der Waals surface area (Å²) in [4.78, 5) is 22.6. The number of amides is 1. The van der Waals surface area contributed by atoms with Gasteiger partial charge in [-0.2, -0.15) is 0 Å². The third-order valence-corrected chi connectivity index (χ3v) is 7.00. The molecule has 2 aromatic heterocycles. The minimum atomic E-state index is -0.525. The van der Waals surface area contributed by atoms with Crippen LogP contribution in [0.5, 0.6) is 0 Å². The average molecular weight is 479 g/mol. The Balaban J connectivity index is 1.42. The Hall–Kier alpha value is -3.82. The molecule has 1 aliphatic heterocycles. The molecule has 0 spiro atoms. The van der Waals surface area contributed by atoms with E-state index in [1.807, 2.05) is 62.1 Å². The van der Waals surface area contributed by atoms with Crippen LogP contribution in [0.15, 0.2) is 71.9 Å². The van der Waals surface area contributed by atoms with Crippen molar-refractivity contribution in [2.45, 2.75) is 43.3 Å². The lowest BCUT2D eigenvalue weighted by molar-refractivity contribution is -0.119. The number of rotatable bonds is 4. The van der Waals surface area contributed by atoms with Crippen LogP contribution in [0.1, 0.15) is 44.5 Å². The Morgan fingerprint density at radius 3 is 2.57 bits per heavy atom. The number of hydrogen-bond donors (Lipinski definition) is 2. The topological polar surface area (TPSA) is 66.9 Å². The van der Waals surface area contributed by atoms with Crippen molar-refractivity contribution >= 4 is 45.6 Å². The Morgan fingerprint density at radius 2 is 1.80 bits per heavy atom. The molecule has 0 unspecified atom stereocenters. The van der Waals surface area contributed by atoms with Crippen LogP contribution in [0.3, 0.4) is 0 Å². The second-order valence-corrected chi connectivity index (χ2v) is 11.0. The van der Waals surface area contributed by atoms with Gasteiger partial charge in [0.05, 0.1) is 5.41 Å². The molecule has 5 rings (SSSR count). The van der Waals surface area contributed by atoms with Crippen molar-refractivity contribution in [2.75, 3.05) is 10.6 Å². The summed E-state index contributed by atoms with van der Waals surface area (Å²) in [6.07, 6.45) is 3.58. The molecule has 1 aliphatic rings. The molecule has 5 nitrogen and oxygen atoms in total. The van der Waals surface area contributed by atoms with Gasteiger partial charge in [0, 0.05) is 50.2 Å². The summed E-state index contributed by atoms with van der Waals surface area (Å²) < 4.78 is 0. The summed E-state index contributed by atoms with van der Waals surface area (Å²) in [5, 5.41) is 8.79. The second kappa shape index (κ2) is 9.09. The number of carbonyl (C=O) groups excluding carboxylic acids is 1. The van der Waals surface area contributed by atoms with Crippen molar-refractivity contribution in [1.82, 2.24) is 9.97 Å². The zero-order valence-electron chi connectivity index (χ0n) is 20.1. The van der Waals surface area contributed by atoms with E-state index in [2.05, 4.69) is 70.6 Å². The molecule has 0 aliphatic carbocycles. The zero-order valence-corrected chi connectivity index (χ0v) is 21.0. The second-order valence-electron chi connectivity index (χ2n) is 9.36. The summed E-state index contributed by atoms with van der Waals surface area (Å²) in [7, 11) is 0. The van der Waals surface area contributed by atoms with Gasteiger partial charge >= 0.3 is 0 Å². The number of thioether (sulfide) groups is 1. The Kier molecular flexibility index (Phi) is 5.96. The van der Waals surface area contributed by atoms with Gasteiger partial charge in [-0.15, -0.1) is 11.8 Å². The van der Waals surface area contributed by atoms with Crippen LogP contribution in [0.4, 0.5) is 17.2 Å². The highest BCUT2D eigenvalue weighted by molar-refractivity contribution is 7.99. The van der Waals surface area contributed by atoms with Crippen LogP contribution in [0, 0.1) is 11.8 Å². The fraction of sp³-hybridized carbons (Fsp3) is 0.207. The first-order valence-corrected chi connectivity index (χ1v) is 12.4. The molecule has 174 valence electrons. The van der Waals surface area contributed by atoms with E-state index in [0.29, 0.717) is 10.9 Å². The van der Waals surface area contributed by atoms with Gasteiger partial charge in [0.2, 0.25) is 5.91 Å². The highest BCUT2D eigenvalue weighted by Crippen LogP contribution is 2.37. The maximum absolute atomic E-state index is 12.2. The number of nitrogens with zero attached hydrogens (tertiary/aromatic N) is 2. The lowest BCUT2D eigenvalue weighted by Crippen LogP contribution is -2.26. The number of benzene rings is 2. The van der Waals surface area contributed by atoms with E-state index in [-0.39, 0.29) is 5.91 Å². The minimum absolute atomic E-state index is 0.00850. The molecule has 2 aromatic carbocycles. The highest BCUT2D eigenvalue weighted by Gasteiger charge is 2.38. The largest absolute Gasteiger partial charge is 0.340 e. The standard InChI is InChI=1S/C29H26N4OS/c1-18(2)35-22-9-7-21(8-10-22)32-27-16-23-20(17-31-27)13-14-30-25(23)12-6-19-5-11-24-26(15-19)33-28(34)29(24,3)4/h5,7-11,13-18H,1-4H3,(H,31,32)(H,33,34). The molecule has 6 heteroatoms. The molecule has 0 fully saturated rings. The van der Waals surface area contributed by atoms with Gasteiger partial charge in [-0.3, -0.25) is 4.79 Å². The van der Waals surface area contributed by atoms with Crippen LogP contribution in [0.2, 0.25) is 0 Å². The van der Waals surface area contributed by atoms with E-state index in [0.717, 1.165) is 39.1 Å². The van der Waals surface area contributed by atoms with Crippen LogP contribution >= 0.6 is 11.8 Å². The molecule has 0 bridgehead atoms. The van der Waals surface area contributed by atoms with Gasteiger partial charge in [-0.1, -0.05) is 25.8 Å². The molecule has 3 heterocycles. The maximum atomic E-state index is 12.2. The molecule has 2 N–H and O–H groups in total. The van der Waals surface area contributed by atoms with E-state index < -0.39 is 5.41 Å². The lowest BCUT2D eigenvalue weighted by atomic mass is 9.86. The van der Waals surface area contributed by atoms with Crippen LogP contribution in [-0.2, 0) is 10.2 Å². The summed E-state index contributed by atoms with van der Waals surface area (Å²) in [6, 6.07) is 18.1. The average Bonchev–Trinajstić information content (AvgIpc) is 3.06.